The summed E-state index contributed by atoms with van der Waals surface area (Å²) in [6.07, 6.45) is 1.46. The highest BCUT2D eigenvalue weighted by molar-refractivity contribution is 5.99. The summed E-state index contributed by atoms with van der Waals surface area (Å²) in [5.74, 6) is -1.01. The lowest BCUT2D eigenvalue weighted by atomic mass is 10.1. The van der Waals surface area contributed by atoms with E-state index in [4.69, 9.17) is 13.9 Å². The first-order valence-corrected chi connectivity index (χ1v) is 7.85. The fourth-order valence-electron chi connectivity index (χ4n) is 2.20. The third-order valence-corrected chi connectivity index (χ3v) is 3.44. The lowest BCUT2D eigenvalue weighted by Crippen LogP contribution is -2.41. The van der Waals surface area contributed by atoms with Crippen LogP contribution in [0.2, 0.25) is 0 Å². The second-order valence-corrected chi connectivity index (χ2v) is 5.43. The van der Waals surface area contributed by atoms with E-state index in [0.717, 1.165) is 0 Å². The van der Waals surface area contributed by atoms with Crippen molar-refractivity contribution in [2.75, 3.05) is 18.5 Å². The second-order valence-electron chi connectivity index (χ2n) is 5.43. The van der Waals surface area contributed by atoms with E-state index in [1.54, 1.807) is 12.1 Å². The molecule has 1 aliphatic heterocycles. The van der Waals surface area contributed by atoms with Crippen LogP contribution in [0, 0.1) is 0 Å². The molecule has 4 amide bonds. The molecule has 1 aromatic heterocycles. The third kappa shape index (κ3) is 4.84. The number of furan rings is 1. The van der Waals surface area contributed by atoms with Gasteiger partial charge in [-0.3, -0.25) is 14.9 Å². The quantitative estimate of drug-likeness (QED) is 0.659. The van der Waals surface area contributed by atoms with Crippen LogP contribution in [0.25, 0.3) is 0 Å². The number of esters is 1. The Kier molecular flexibility index (Phi) is 5.36. The number of rotatable bonds is 5. The van der Waals surface area contributed by atoms with E-state index in [9.17, 15) is 19.2 Å². The van der Waals surface area contributed by atoms with Crippen LogP contribution >= 0.6 is 0 Å². The van der Waals surface area contributed by atoms with E-state index in [-0.39, 0.29) is 24.6 Å². The number of anilines is 1. The van der Waals surface area contributed by atoms with Crippen LogP contribution in [0.1, 0.15) is 16.1 Å². The molecule has 0 bridgehead atoms. The predicted molar refractivity (Wildman–Crippen MR) is 89.9 cm³/mol. The van der Waals surface area contributed by atoms with Gasteiger partial charge in [0, 0.05) is 0 Å². The molecule has 27 heavy (non-hydrogen) atoms. The third-order valence-electron chi connectivity index (χ3n) is 3.44. The summed E-state index contributed by atoms with van der Waals surface area (Å²) in [4.78, 5) is 46.5. The fourth-order valence-corrected chi connectivity index (χ4v) is 2.20. The molecule has 0 radical (unpaired) electrons. The zero-order chi connectivity index (χ0) is 19.2. The van der Waals surface area contributed by atoms with Crippen LogP contribution in [0.5, 0.6) is 5.75 Å². The van der Waals surface area contributed by atoms with Crippen LogP contribution in [-0.2, 0) is 20.9 Å². The normalized spacial score (nSPS) is 12.2. The van der Waals surface area contributed by atoms with E-state index < -0.39 is 24.5 Å². The molecule has 0 atom stereocenters. The molecule has 1 aromatic carbocycles. The average molecular weight is 373 g/mol. The van der Waals surface area contributed by atoms with Crippen molar-refractivity contribution in [1.82, 2.24) is 10.6 Å². The van der Waals surface area contributed by atoms with Gasteiger partial charge in [-0.25, -0.2) is 9.59 Å². The Hall–Kier alpha value is -3.82. The number of carbonyl (C=O) groups is 4. The first kappa shape index (κ1) is 18.0. The molecule has 3 N–H and O–H groups in total. The minimum atomic E-state index is -0.790. The van der Waals surface area contributed by atoms with Crippen LogP contribution < -0.4 is 20.7 Å². The van der Waals surface area contributed by atoms with E-state index in [1.165, 1.54) is 24.5 Å². The number of amides is 4. The SMILES string of the molecule is O=C(COC(=O)c1ccc2c(c1)OCC(=O)N2)NC(=O)NCc1ccco1. The van der Waals surface area contributed by atoms with Gasteiger partial charge in [0.1, 0.15) is 11.5 Å². The molecule has 2 aromatic rings. The summed E-state index contributed by atoms with van der Waals surface area (Å²) in [5.41, 5.74) is 0.578. The van der Waals surface area contributed by atoms with Crippen molar-refractivity contribution < 1.29 is 33.1 Å². The Balaban J connectivity index is 1.45. The Morgan fingerprint density at radius 1 is 1.22 bits per heavy atom. The summed E-state index contributed by atoms with van der Waals surface area (Å²) in [5, 5.41) is 7.03. The van der Waals surface area contributed by atoms with Crippen molar-refractivity contribution >= 4 is 29.5 Å². The summed E-state index contributed by atoms with van der Waals surface area (Å²) >= 11 is 0. The number of fused-ring (bicyclic) bond motifs is 1. The van der Waals surface area contributed by atoms with Crippen LogP contribution in [0.4, 0.5) is 10.5 Å². The second kappa shape index (κ2) is 8.04. The van der Waals surface area contributed by atoms with Crippen molar-refractivity contribution in [3.05, 3.63) is 47.9 Å². The topological polar surface area (TPSA) is 136 Å². The Morgan fingerprint density at radius 3 is 2.85 bits per heavy atom. The number of ether oxygens (including phenoxy) is 2. The molecule has 0 unspecified atom stereocenters. The molecule has 0 aliphatic carbocycles. The van der Waals surface area contributed by atoms with Gasteiger partial charge < -0.3 is 24.5 Å². The van der Waals surface area contributed by atoms with Crippen molar-refractivity contribution in [1.29, 1.82) is 0 Å². The fraction of sp³-hybridized carbons (Fsp3) is 0.176. The summed E-state index contributed by atoms with van der Waals surface area (Å²) in [6, 6.07) is 6.89. The molecular formula is C17H15N3O7. The molecule has 10 nitrogen and oxygen atoms in total. The molecule has 140 valence electrons. The molecule has 0 spiro atoms. The lowest BCUT2D eigenvalue weighted by molar-refractivity contribution is -0.123. The van der Waals surface area contributed by atoms with Crippen molar-refractivity contribution in [3.8, 4) is 5.75 Å². The van der Waals surface area contributed by atoms with Crippen LogP contribution in [0.15, 0.2) is 41.0 Å². The smallest absolute Gasteiger partial charge is 0.338 e. The number of urea groups is 1. The number of carbonyl (C=O) groups excluding carboxylic acids is 4. The average Bonchev–Trinajstić information content (AvgIpc) is 3.17. The van der Waals surface area contributed by atoms with Gasteiger partial charge >= 0.3 is 12.0 Å². The summed E-state index contributed by atoms with van der Waals surface area (Å²) in [6.45, 7) is -0.680. The highest BCUT2D eigenvalue weighted by Crippen LogP contribution is 2.28. The van der Waals surface area contributed by atoms with E-state index in [2.05, 4.69) is 10.6 Å². The van der Waals surface area contributed by atoms with Crippen molar-refractivity contribution in [2.24, 2.45) is 0 Å². The molecule has 10 heteroatoms. The highest BCUT2D eigenvalue weighted by atomic mass is 16.5. The number of imide groups is 1. The zero-order valence-electron chi connectivity index (χ0n) is 13.9. The first-order chi connectivity index (χ1) is 13.0. The molecule has 0 saturated carbocycles. The van der Waals surface area contributed by atoms with Gasteiger partial charge in [0.15, 0.2) is 13.2 Å². The summed E-state index contributed by atoms with van der Waals surface area (Å²) < 4.78 is 15.1. The number of nitrogens with one attached hydrogen (secondary N) is 3. The number of hydrogen-bond acceptors (Lipinski definition) is 7. The van der Waals surface area contributed by atoms with Gasteiger partial charge in [-0.1, -0.05) is 0 Å². The van der Waals surface area contributed by atoms with Gasteiger partial charge in [0.2, 0.25) is 0 Å². The van der Waals surface area contributed by atoms with Crippen molar-refractivity contribution in [3.63, 3.8) is 0 Å². The first-order valence-electron chi connectivity index (χ1n) is 7.85. The Labute approximate surface area is 152 Å². The van der Waals surface area contributed by atoms with Gasteiger partial charge in [0.05, 0.1) is 24.1 Å². The maximum absolute atomic E-state index is 12.0. The van der Waals surface area contributed by atoms with Crippen LogP contribution in [-0.4, -0.2) is 37.0 Å². The van der Waals surface area contributed by atoms with E-state index >= 15 is 0 Å². The zero-order valence-corrected chi connectivity index (χ0v) is 13.9. The molecule has 0 fully saturated rings. The minimum Gasteiger partial charge on any atom is -0.482 e. The maximum Gasteiger partial charge on any atom is 0.338 e. The largest absolute Gasteiger partial charge is 0.482 e. The van der Waals surface area contributed by atoms with E-state index in [1.807, 2.05) is 5.32 Å². The monoisotopic (exact) mass is 373 g/mol. The summed E-state index contributed by atoms with van der Waals surface area (Å²) in [7, 11) is 0. The highest BCUT2D eigenvalue weighted by Gasteiger charge is 2.19. The number of benzene rings is 1. The van der Waals surface area contributed by atoms with Crippen molar-refractivity contribution in [2.45, 2.75) is 6.54 Å². The molecular weight excluding hydrogens is 358 g/mol. The maximum atomic E-state index is 12.0. The standard InChI is InChI=1S/C17H15N3O7/c21-14-8-26-13-6-10(3-4-12(13)19-14)16(23)27-9-15(22)20-17(24)18-7-11-2-1-5-25-11/h1-6H,7-9H2,(H,19,21)(H2,18,20,22,24). The van der Waals surface area contributed by atoms with Gasteiger partial charge in [0.25, 0.3) is 11.8 Å². The van der Waals surface area contributed by atoms with Crippen LogP contribution in [0.3, 0.4) is 0 Å². The lowest BCUT2D eigenvalue weighted by Gasteiger charge is -2.18. The minimum absolute atomic E-state index is 0.109. The Bertz CT molecular complexity index is 877. The number of hydrogen-bond donors (Lipinski definition) is 3. The molecule has 0 saturated heterocycles. The van der Waals surface area contributed by atoms with Gasteiger partial charge in [-0.05, 0) is 30.3 Å². The molecule has 1 aliphatic rings. The van der Waals surface area contributed by atoms with Gasteiger partial charge in [-0.2, -0.15) is 0 Å². The van der Waals surface area contributed by atoms with E-state index in [0.29, 0.717) is 17.2 Å². The Morgan fingerprint density at radius 2 is 2.07 bits per heavy atom. The predicted octanol–water partition coefficient (Wildman–Crippen LogP) is 0.793. The molecule has 3 rings (SSSR count). The van der Waals surface area contributed by atoms with Gasteiger partial charge in [-0.15, -0.1) is 0 Å². The molecule has 2 heterocycles.